The van der Waals surface area contributed by atoms with Crippen LogP contribution in [-0.2, 0) is 0 Å². The Kier molecular flexibility index (Phi) is 3.65. The largest absolute Gasteiger partial charge is 0.368 e. The van der Waals surface area contributed by atoms with Crippen molar-refractivity contribution in [1.82, 2.24) is 15.0 Å². The molecule has 0 bridgehead atoms. The molecule has 20 heavy (non-hydrogen) atoms. The SMILES string of the molecule is Nc1nc(-c2ccc(F)cc2Br)nc(C2CCCC2)n1. The summed E-state index contributed by atoms with van der Waals surface area (Å²) in [5.41, 5.74) is 6.51. The van der Waals surface area contributed by atoms with Crippen LogP contribution in [0.4, 0.5) is 10.3 Å². The van der Waals surface area contributed by atoms with Crippen LogP contribution in [0, 0.1) is 5.82 Å². The van der Waals surface area contributed by atoms with E-state index in [4.69, 9.17) is 5.73 Å². The zero-order valence-corrected chi connectivity index (χ0v) is 12.4. The molecular weight excluding hydrogens is 323 g/mol. The Morgan fingerprint density at radius 3 is 2.60 bits per heavy atom. The van der Waals surface area contributed by atoms with Gasteiger partial charge in [-0.25, -0.2) is 9.37 Å². The van der Waals surface area contributed by atoms with Gasteiger partial charge >= 0.3 is 0 Å². The summed E-state index contributed by atoms with van der Waals surface area (Å²) in [5.74, 6) is 1.51. The van der Waals surface area contributed by atoms with Gasteiger partial charge in [0.05, 0.1) is 0 Å². The van der Waals surface area contributed by atoms with Gasteiger partial charge in [-0.05, 0) is 47.0 Å². The summed E-state index contributed by atoms with van der Waals surface area (Å²) in [6.45, 7) is 0. The fraction of sp³-hybridized carbons (Fsp3) is 0.357. The quantitative estimate of drug-likeness (QED) is 0.908. The van der Waals surface area contributed by atoms with Crippen molar-refractivity contribution in [3.63, 3.8) is 0 Å². The van der Waals surface area contributed by atoms with Gasteiger partial charge in [-0.1, -0.05) is 12.8 Å². The molecule has 6 heteroatoms. The third-order valence-electron chi connectivity index (χ3n) is 3.56. The first-order chi connectivity index (χ1) is 9.63. The Morgan fingerprint density at radius 2 is 1.90 bits per heavy atom. The second-order valence-electron chi connectivity index (χ2n) is 4.98. The van der Waals surface area contributed by atoms with Gasteiger partial charge in [-0.2, -0.15) is 9.97 Å². The molecule has 1 heterocycles. The maximum atomic E-state index is 13.2. The average molecular weight is 337 g/mol. The number of anilines is 1. The first kappa shape index (κ1) is 13.4. The molecule has 1 aliphatic carbocycles. The normalized spacial score (nSPS) is 15.7. The monoisotopic (exact) mass is 336 g/mol. The summed E-state index contributed by atoms with van der Waals surface area (Å²) in [7, 11) is 0. The first-order valence-electron chi connectivity index (χ1n) is 6.60. The van der Waals surface area contributed by atoms with Crippen molar-refractivity contribution in [2.24, 2.45) is 0 Å². The Bertz CT molecular complexity index is 641. The summed E-state index contributed by atoms with van der Waals surface area (Å²) < 4.78 is 13.8. The highest BCUT2D eigenvalue weighted by molar-refractivity contribution is 9.10. The van der Waals surface area contributed by atoms with E-state index in [1.165, 1.54) is 25.0 Å². The molecule has 1 saturated carbocycles. The van der Waals surface area contributed by atoms with Gasteiger partial charge in [0.15, 0.2) is 5.82 Å². The van der Waals surface area contributed by atoms with Crippen molar-refractivity contribution in [3.05, 3.63) is 34.3 Å². The molecule has 1 aromatic carbocycles. The van der Waals surface area contributed by atoms with Gasteiger partial charge in [0, 0.05) is 16.0 Å². The third-order valence-corrected chi connectivity index (χ3v) is 4.22. The second-order valence-corrected chi connectivity index (χ2v) is 5.84. The maximum Gasteiger partial charge on any atom is 0.223 e. The van der Waals surface area contributed by atoms with Gasteiger partial charge < -0.3 is 5.73 Å². The summed E-state index contributed by atoms with van der Waals surface area (Å²) in [5, 5.41) is 0. The van der Waals surface area contributed by atoms with E-state index in [1.54, 1.807) is 6.07 Å². The topological polar surface area (TPSA) is 64.7 Å². The minimum Gasteiger partial charge on any atom is -0.368 e. The van der Waals surface area contributed by atoms with E-state index in [9.17, 15) is 4.39 Å². The number of halogens is 2. The van der Waals surface area contributed by atoms with E-state index in [1.807, 2.05) is 0 Å². The predicted octanol–water partition coefficient (Wildman–Crippen LogP) is 3.68. The van der Waals surface area contributed by atoms with E-state index in [2.05, 4.69) is 30.9 Å². The molecule has 0 aliphatic heterocycles. The van der Waals surface area contributed by atoms with Gasteiger partial charge in [0.1, 0.15) is 11.6 Å². The molecule has 1 aromatic heterocycles. The molecule has 1 fully saturated rings. The number of nitrogen functional groups attached to an aromatic ring is 1. The van der Waals surface area contributed by atoms with Crippen LogP contribution < -0.4 is 5.73 Å². The number of hydrogen-bond donors (Lipinski definition) is 1. The zero-order chi connectivity index (χ0) is 14.1. The summed E-state index contributed by atoms with van der Waals surface area (Å²) in [4.78, 5) is 12.9. The third kappa shape index (κ3) is 2.65. The smallest absolute Gasteiger partial charge is 0.223 e. The van der Waals surface area contributed by atoms with Gasteiger partial charge in [-0.15, -0.1) is 0 Å². The lowest BCUT2D eigenvalue weighted by atomic mass is 10.1. The molecule has 0 spiro atoms. The fourth-order valence-electron chi connectivity index (χ4n) is 2.57. The lowest BCUT2D eigenvalue weighted by Crippen LogP contribution is -2.08. The van der Waals surface area contributed by atoms with Gasteiger partial charge in [0.2, 0.25) is 5.95 Å². The number of aromatic nitrogens is 3. The lowest BCUT2D eigenvalue weighted by molar-refractivity contribution is 0.627. The number of rotatable bonds is 2. The number of nitrogens with zero attached hydrogens (tertiary/aromatic N) is 3. The molecule has 4 nitrogen and oxygen atoms in total. The Labute approximate surface area is 124 Å². The Morgan fingerprint density at radius 1 is 1.15 bits per heavy atom. The molecule has 2 N–H and O–H groups in total. The Hall–Kier alpha value is -1.56. The van der Waals surface area contributed by atoms with Crippen molar-refractivity contribution < 1.29 is 4.39 Å². The molecule has 2 aromatic rings. The van der Waals surface area contributed by atoms with Crippen LogP contribution in [0.2, 0.25) is 0 Å². The van der Waals surface area contributed by atoms with E-state index in [0.29, 0.717) is 16.2 Å². The highest BCUT2D eigenvalue weighted by Gasteiger charge is 2.21. The highest BCUT2D eigenvalue weighted by Crippen LogP contribution is 2.34. The zero-order valence-electron chi connectivity index (χ0n) is 10.8. The molecule has 0 unspecified atom stereocenters. The van der Waals surface area contributed by atoms with Gasteiger partial charge in [0.25, 0.3) is 0 Å². The van der Waals surface area contributed by atoms with Crippen LogP contribution in [0.1, 0.15) is 37.4 Å². The number of benzene rings is 1. The molecule has 104 valence electrons. The lowest BCUT2D eigenvalue weighted by Gasteiger charge is -2.10. The standard InChI is InChI=1S/C14H14BrFN4/c15-11-7-9(16)5-6-10(11)13-18-12(19-14(17)20-13)8-3-1-2-4-8/h5-8H,1-4H2,(H2,17,18,19,20). The predicted molar refractivity (Wildman–Crippen MR) is 78.5 cm³/mol. The van der Waals surface area contributed by atoms with Crippen LogP contribution in [0.15, 0.2) is 22.7 Å². The summed E-state index contributed by atoms with van der Waals surface area (Å²) in [6.07, 6.45) is 4.58. The van der Waals surface area contributed by atoms with Crippen molar-refractivity contribution in [1.29, 1.82) is 0 Å². The number of nitrogens with two attached hydrogens (primary N) is 1. The molecule has 1 aliphatic rings. The van der Waals surface area contributed by atoms with Crippen LogP contribution in [0.25, 0.3) is 11.4 Å². The molecular formula is C14H14BrFN4. The first-order valence-corrected chi connectivity index (χ1v) is 7.39. The molecule has 0 amide bonds. The van der Waals surface area contributed by atoms with Crippen LogP contribution in [-0.4, -0.2) is 15.0 Å². The van der Waals surface area contributed by atoms with Crippen LogP contribution >= 0.6 is 15.9 Å². The highest BCUT2D eigenvalue weighted by atomic mass is 79.9. The van der Waals surface area contributed by atoms with Crippen molar-refractivity contribution >= 4 is 21.9 Å². The molecule has 0 atom stereocenters. The van der Waals surface area contributed by atoms with Gasteiger partial charge in [-0.3, -0.25) is 0 Å². The Balaban J connectivity index is 2.04. The molecule has 0 radical (unpaired) electrons. The summed E-state index contributed by atoms with van der Waals surface area (Å²) >= 11 is 3.34. The maximum absolute atomic E-state index is 13.2. The van der Waals surface area contributed by atoms with Crippen molar-refractivity contribution in [3.8, 4) is 11.4 Å². The molecule has 0 saturated heterocycles. The van der Waals surface area contributed by atoms with Crippen LogP contribution in [0.5, 0.6) is 0 Å². The van der Waals surface area contributed by atoms with E-state index < -0.39 is 0 Å². The summed E-state index contributed by atoms with van der Waals surface area (Å²) in [6, 6.07) is 4.42. The second kappa shape index (κ2) is 5.44. The number of hydrogen-bond acceptors (Lipinski definition) is 4. The van der Waals surface area contributed by atoms with Crippen molar-refractivity contribution in [2.75, 3.05) is 5.73 Å². The van der Waals surface area contributed by atoms with Crippen molar-refractivity contribution in [2.45, 2.75) is 31.6 Å². The average Bonchev–Trinajstić information content (AvgIpc) is 2.91. The van der Waals surface area contributed by atoms with E-state index in [0.717, 1.165) is 24.2 Å². The molecule has 3 rings (SSSR count). The fourth-order valence-corrected chi connectivity index (χ4v) is 3.10. The van der Waals surface area contributed by atoms with Crippen LogP contribution in [0.3, 0.4) is 0 Å². The minimum absolute atomic E-state index is 0.216. The minimum atomic E-state index is -0.307. The van der Waals surface area contributed by atoms with E-state index in [-0.39, 0.29) is 11.8 Å². The van der Waals surface area contributed by atoms with E-state index >= 15 is 0 Å².